The smallest absolute Gasteiger partial charge is 0.220 e. The van der Waals surface area contributed by atoms with Crippen molar-refractivity contribution < 1.29 is 14.0 Å². The lowest BCUT2D eigenvalue weighted by atomic mass is 10.1. The van der Waals surface area contributed by atoms with Crippen molar-refractivity contribution in [2.75, 3.05) is 24.5 Å². The highest BCUT2D eigenvalue weighted by atomic mass is 19.1. The second kappa shape index (κ2) is 7.92. The van der Waals surface area contributed by atoms with Crippen molar-refractivity contribution in [3.8, 4) is 0 Å². The molecule has 0 saturated heterocycles. The molecule has 1 aliphatic rings. The van der Waals surface area contributed by atoms with Crippen LogP contribution in [0, 0.1) is 5.82 Å². The van der Waals surface area contributed by atoms with Gasteiger partial charge in [-0.15, -0.1) is 0 Å². The summed E-state index contributed by atoms with van der Waals surface area (Å²) in [6.07, 6.45) is 1.12. The zero-order chi connectivity index (χ0) is 17.6. The van der Waals surface area contributed by atoms with E-state index in [4.69, 9.17) is 0 Å². The summed E-state index contributed by atoms with van der Waals surface area (Å²) >= 11 is 0. The Bertz CT molecular complexity index is 776. The number of nitrogens with zero attached hydrogens (tertiary/aromatic N) is 1. The van der Waals surface area contributed by atoms with E-state index in [1.807, 2.05) is 12.1 Å². The van der Waals surface area contributed by atoms with Gasteiger partial charge in [-0.05, 0) is 30.2 Å². The van der Waals surface area contributed by atoms with Crippen LogP contribution in [0.5, 0.6) is 0 Å². The number of carbonyl (C=O) groups excluding carboxylic acids is 2. The predicted octanol–water partition coefficient (Wildman–Crippen LogP) is 2.97. The number of carbonyl (C=O) groups is 2. The molecule has 0 aromatic heterocycles. The highest BCUT2D eigenvalue weighted by Gasteiger charge is 2.18. The predicted molar refractivity (Wildman–Crippen MR) is 95.3 cm³/mol. The molecule has 0 radical (unpaired) electrons. The molecule has 0 unspecified atom stereocenters. The Hall–Kier alpha value is -2.69. The summed E-state index contributed by atoms with van der Waals surface area (Å²) in [5.74, 6) is -1.07. The highest BCUT2D eigenvalue weighted by molar-refractivity contribution is 5.98. The van der Waals surface area contributed by atoms with E-state index in [1.54, 1.807) is 6.07 Å². The van der Waals surface area contributed by atoms with Crippen molar-refractivity contribution in [2.45, 2.75) is 19.3 Å². The summed E-state index contributed by atoms with van der Waals surface area (Å²) in [5, 5.41) is 2.84. The molecule has 3 rings (SSSR count). The molecule has 0 spiro atoms. The topological polar surface area (TPSA) is 49.4 Å². The number of anilines is 1. The van der Waals surface area contributed by atoms with Crippen LogP contribution in [0.3, 0.4) is 0 Å². The van der Waals surface area contributed by atoms with Gasteiger partial charge in [0.15, 0.2) is 5.78 Å². The van der Waals surface area contributed by atoms with Crippen molar-refractivity contribution >= 4 is 17.4 Å². The van der Waals surface area contributed by atoms with Gasteiger partial charge in [-0.25, -0.2) is 4.39 Å². The molecule has 0 bridgehead atoms. The first-order valence-corrected chi connectivity index (χ1v) is 8.52. The zero-order valence-corrected chi connectivity index (χ0v) is 14.0. The van der Waals surface area contributed by atoms with Gasteiger partial charge in [0.1, 0.15) is 5.82 Å². The Balaban J connectivity index is 1.40. The molecule has 1 N–H and O–H groups in total. The maximum atomic E-state index is 13.5. The van der Waals surface area contributed by atoms with Gasteiger partial charge in [0, 0.05) is 38.2 Å². The Kier molecular flexibility index (Phi) is 5.43. The van der Waals surface area contributed by atoms with E-state index in [1.165, 1.54) is 29.4 Å². The first kappa shape index (κ1) is 17.1. The molecular weight excluding hydrogens is 319 g/mol. The summed E-state index contributed by atoms with van der Waals surface area (Å²) in [7, 11) is 0. The summed E-state index contributed by atoms with van der Waals surface area (Å²) in [6, 6.07) is 14.1. The average Bonchev–Trinajstić information content (AvgIpc) is 3.03. The molecule has 2 aromatic carbocycles. The van der Waals surface area contributed by atoms with Crippen molar-refractivity contribution in [3.63, 3.8) is 0 Å². The maximum Gasteiger partial charge on any atom is 0.220 e. The lowest BCUT2D eigenvalue weighted by molar-refractivity contribution is -0.121. The van der Waals surface area contributed by atoms with E-state index in [-0.39, 0.29) is 30.1 Å². The monoisotopic (exact) mass is 340 g/mol. The number of hydrogen-bond donors (Lipinski definition) is 1. The first-order chi connectivity index (χ1) is 12.1. The van der Waals surface area contributed by atoms with Gasteiger partial charge in [0.2, 0.25) is 5.91 Å². The molecular formula is C20H21FN2O2. The number of amides is 1. The standard InChI is InChI=1S/C20H21FN2O2/c21-17-7-3-2-6-16(17)19(24)9-10-20(25)22-12-14-23-13-11-15-5-1-4-8-18(15)23/h1-8H,9-14H2,(H,22,25). The highest BCUT2D eigenvalue weighted by Crippen LogP contribution is 2.26. The van der Waals surface area contributed by atoms with Crippen LogP contribution in [0.15, 0.2) is 48.5 Å². The Morgan fingerprint density at radius 3 is 2.64 bits per heavy atom. The van der Waals surface area contributed by atoms with E-state index in [0.717, 1.165) is 19.5 Å². The quantitative estimate of drug-likeness (QED) is 0.789. The molecule has 4 nitrogen and oxygen atoms in total. The molecule has 1 heterocycles. The molecule has 1 amide bonds. The third kappa shape index (κ3) is 4.24. The number of fused-ring (bicyclic) bond motifs is 1. The van der Waals surface area contributed by atoms with E-state index >= 15 is 0 Å². The van der Waals surface area contributed by atoms with Crippen molar-refractivity contribution in [3.05, 3.63) is 65.5 Å². The van der Waals surface area contributed by atoms with Gasteiger partial charge >= 0.3 is 0 Å². The van der Waals surface area contributed by atoms with Crippen LogP contribution in [0.4, 0.5) is 10.1 Å². The molecule has 2 aromatic rings. The molecule has 1 aliphatic heterocycles. The number of Topliss-reactive ketones (excluding diaryl/α,β-unsaturated/α-hetero) is 1. The SMILES string of the molecule is O=C(CCC(=O)c1ccccc1F)NCCN1CCc2ccccc21. The minimum absolute atomic E-state index is 0.0132. The van der Waals surface area contributed by atoms with E-state index in [9.17, 15) is 14.0 Å². The van der Waals surface area contributed by atoms with Crippen LogP contribution < -0.4 is 10.2 Å². The fraction of sp³-hybridized carbons (Fsp3) is 0.300. The van der Waals surface area contributed by atoms with Gasteiger partial charge in [-0.3, -0.25) is 9.59 Å². The first-order valence-electron chi connectivity index (χ1n) is 8.52. The largest absolute Gasteiger partial charge is 0.369 e. The third-order valence-electron chi connectivity index (χ3n) is 4.44. The number of hydrogen-bond acceptors (Lipinski definition) is 3. The molecule has 0 aliphatic carbocycles. The molecule has 130 valence electrons. The summed E-state index contributed by atoms with van der Waals surface area (Å²) in [4.78, 5) is 26.1. The number of nitrogens with one attached hydrogen (secondary N) is 1. The second-order valence-electron chi connectivity index (χ2n) is 6.12. The van der Waals surface area contributed by atoms with Crippen LogP contribution in [-0.2, 0) is 11.2 Å². The van der Waals surface area contributed by atoms with Crippen LogP contribution in [0.1, 0.15) is 28.8 Å². The van der Waals surface area contributed by atoms with Crippen LogP contribution in [-0.4, -0.2) is 31.3 Å². The number of para-hydroxylation sites is 1. The molecule has 0 fully saturated rings. The van der Waals surface area contributed by atoms with Crippen LogP contribution >= 0.6 is 0 Å². The summed E-state index contributed by atoms with van der Waals surface area (Å²) in [5.41, 5.74) is 2.61. The van der Waals surface area contributed by atoms with Gasteiger partial charge in [-0.2, -0.15) is 0 Å². The number of halogens is 1. The van der Waals surface area contributed by atoms with Gasteiger partial charge in [0.25, 0.3) is 0 Å². The minimum Gasteiger partial charge on any atom is -0.369 e. The summed E-state index contributed by atoms with van der Waals surface area (Å²) < 4.78 is 13.5. The van der Waals surface area contributed by atoms with E-state index in [0.29, 0.717) is 6.54 Å². The third-order valence-corrected chi connectivity index (χ3v) is 4.44. The minimum atomic E-state index is -0.541. The fourth-order valence-corrected chi connectivity index (χ4v) is 3.11. The van der Waals surface area contributed by atoms with Gasteiger partial charge in [0.05, 0.1) is 5.56 Å². The normalized spacial score (nSPS) is 12.8. The number of rotatable bonds is 7. The molecule has 25 heavy (non-hydrogen) atoms. The van der Waals surface area contributed by atoms with E-state index in [2.05, 4.69) is 22.3 Å². The number of benzene rings is 2. The molecule has 0 atom stereocenters. The lowest BCUT2D eigenvalue weighted by Crippen LogP contribution is -2.34. The van der Waals surface area contributed by atoms with Gasteiger partial charge in [-0.1, -0.05) is 30.3 Å². The van der Waals surface area contributed by atoms with Gasteiger partial charge < -0.3 is 10.2 Å². The fourth-order valence-electron chi connectivity index (χ4n) is 3.11. The molecule has 0 saturated carbocycles. The Morgan fingerprint density at radius 2 is 1.80 bits per heavy atom. The van der Waals surface area contributed by atoms with E-state index < -0.39 is 5.82 Å². The second-order valence-corrected chi connectivity index (χ2v) is 6.12. The van der Waals surface area contributed by atoms with Crippen molar-refractivity contribution in [1.82, 2.24) is 5.32 Å². The van der Waals surface area contributed by atoms with Crippen LogP contribution in [0.2, 0.25) is 0 Å². The Morgan fingerprint density at radius 1 is 1.04 bits per heavy atom. The number of ketones is 1. The maximum absolute atomic E-state index is 13.5. The molecule has 5 heteroatoms. The zero-order valence-electron chi connectivity index (χ0n) is 14.0. The van der Waals surface area contributed by atoms with Crippen LogP contribution in [0.25, 0.3) is 0 Å². The summed E-state index contributed by atoms with van der Waals surface area (Å²) in [6.45, 7) is 2.23. The average molecular weight is 340 g/mol. The van der Waals surface area contributed by atoms with Crippen molar-refractivity contribution in [1.29, 1.82) is 0 Å². The Labute approximate surface area is 146 Å². The van der Waals surface area contributed by atoms with Crippen molar-refractivity contribution in [2.24, 2.45) is 0 Å². The lowest BCUT2D eigenvalue weighted by Gasteiger charge is -2.19.